The van der Waals surface area contributed by atoms with Crippen LogP contribution in [0.5, 0.6) is 5.75 Å². The molecule has 0 atom stereocenters. The Hall–Kier alpha value is -1.08. The van der Waals surface area contributed by atoms with Gasteiger partial charge in [0, 0.05) is 5.57 Å². The molecule has 0 saturated heterocycles. The van der Waals surface area contributed by atoms with Crippen molar-refractivity contribution in [1.82, 2.24) is 0 Å². The van der Waals surface area contributed by atoms with Crippen molar-refractivity contribution >= 4 is 5.97 Å². The Morgan fingerprint density at radius 1 is 1.16 bits per heavy atom. The highest BCUT2D eigenvalue weighted by Gasteiger charge is 2.23. The lowest BCUT2D eigenvalue weighted by atomic mass is 10.2. The number of benzene rings is 1. The Balaban J connectivity index is 0. The summed E-state index contributed by atoms with van der Waals surface area (Å²) in [6, 6.07) is 8.08. The van der Waals surface area contributed by atoms with Crippen molar-refractivity contribution in [3.05, 3.63) is 42.0 Å². The average Bonchev–Trinajstić information content (AvgIpc) is 2.53. The largest absolute Gasteiger partial charge is 1.00 e. The molecule has 1 aromatic rings. The first-order valence-corrected chi connectivity index (χ1v) is 8.29. The van der Waals surface area contributed by atoms with Crippen molar-refractivity contribution in [3.63, 3.8) is 0 Å². The van der Waals surface area contributed by atoms with Gasteiger partial charge in [-0.1, -0.05) is 26.1 Å². The minimum absolute atomic E-state index is 0. The number of quaternary nitrogens is 1. The highest BCUT2D eigenvalue weighted by molar-refractivity contribution is 5.86. The third-order valence-electron chi connectivity index (χ3n) is 4.31. The van der Waals surface area contributed by atoms with Crippen LogP contribution in [0.3, 0.4) is 0 Å². The summed E-state index contributed by atoms with van der Waals surface area (Å²) >= 11 is 0. The fourth-order valence-corrected chi connectivity index (χ4v) is 2.49. The van der Waals surface area contributed by atoms with Crippen LogP contribution in [0.25, 0.3) is 0 Å². The van der Waals surface area contributed by atoms with Crippen molar-refractivity contribution in [3.8, 4) is 5.75 Å². The number of hydrogen-bond acceptors (Lipinski definition) is 3. The average molecular weight is 463 g/mol. The van der Waals surface area contributed by atoms with E-state index in [1.807, 2.05) is 18.2 Å². The first-order valence-electron chi connectivity index (χ1n) is 8.29. The maximum atomic E-state index is 11.5. The van der Waals surface area contributed by atoms with Crippen LogP contribution >= 0.6 is 0 Å². The Kier molecular flexibility index (Phi) is 13.8. The lowest BCUT2D eigenvalue weighted by Gasteiger charge is -2.36. The van der Waals surface area contributed by atoms with E-state index >= 15 is 0 Å². The SMILES string of the molecule is C.C=C(C)C(=O)OCC[N+](CC)(CC)CCOc1cccc(C)c1.[I-]. The Morgan fingerprint density at radius 2 is 1.76 bits per heavy atom. The quantitative estimate of drug-likeness (QED) is 0.225. The molecule has 0 aliphatic rings. The van der Waals surface area contributed by atoms with E-state index in [-0.39, 0.29) is 37.4 Å². The minimum atomic E-state index is -0.314. The number of hydrogen-bond donors (Lipinski definition) is 0. The molecule has 0 fully saturated rings. The zero-order valence-electron chi connectivity index (χ0n) is 15.3. The molecule has 144 valence electrons. The van der Waals surface area contributed by atoms with Gasteiger partial charge in [0.15, 0.2) is 0 Å². The Labute approximate surface area is 170 Å². The van der Waals surface area contributed by atoms with Gasteiger partial charge in [-0.2, -0.15) is 0 Å². The van der Waals surface area contributed by atoms with Crippen molar-refractivity contribution in [2.45, 2.75) is 35.1 Å². The van der Waals surface area contributed by atoms with Gasteiger partial charge in [-0.25, -0.2) is 4.79 Å². The van der Waals surface area contributed by atoms with E-state index in [4.69, 9.17) is 9.47 Å². The summed E-state index contributed by atoms with van der Waals surface area (Å²) in [5, 5.41) is 0. The van der Waals surface area contributed by atoms with E-state index in [0.717, 1.165) is 36.4 Å². The maximum absolute atomic E-state index is 11.5. The van der Waals surface area contributed by atoms with Gasteiger partial charge < -0.3 is 37.9 Å². The molecule has 0 unspecified atom stereocenters. The number of ether oxygens (including phenoxy) is 2. The van der Waals surface area contributed by atoms with Crippen molar-refractivity contribution in [1.29, 1.82) is 0 Å². The molecule has 0 aliphatic carbocycles. The van der Waals surface area contributed by atoms with Gasteiger partial charge in [0.2, 0.25) is 0 Å². The molecule has 25 heavy (non-hydrogen) atoms. The lowest BCUT2D eigenvalue weighted by Crippen LogP contribution is -3.00. The van der Waals surface area contributed by atoms with Crippen LogP contribution < -0.4 is 28.7 Å². The van der Waals surface area contributed by atoms with E-state index in [9.17, 15) is 4.79 Å². The number of rotatable bonds is 10. The highest BCUT2D eigenvalue weighted by Crippen LogP contribution is 2.13. The summed E-state index contributed by atoms with van der Waals surface area (Å²) in [6.07, 6.45) is 0. The number of carbonyl (C=O) groups is 1. The van der Waals surface area contributed by atoms with Crippen LogP contribution in [0.15, 0.2) is 36.4 Å². The third-order valence-corrected chi connectivity index (χ3v) is 4.31. The summed E-state index contributed by atoms with van der Waals surface area (Å²) in [5.41, 5.74) is 1.64. The Bertz CT molecular complexity index is 527. The number of nitrogens with zero attached hydrogens (tertiary/aromatic N) is 1. The van der Waals surface area contributed by atoms with Gasteiger partial charge in [0.05, 0.1) is 13.1 Å². The van der Waals surface area contributed by atoms with Gasteiger partial charge in [0.1, 0.15) is 32.1 Å². The predicted molar refractivity (Wildman–Crippen MR) is 100 cm³/mol. The summed E-state index contributed by atoms with van der Waals surface area (Å²) in [7, 11) is 0. The predicted octanol–water partition coefficient (Wildman–Crippen LogP) is 0.990. The normalized spacial score (nSPS) is 10.2. The van der Waals surface area contributed by atoms with Gasteiger partial charge in [-0.15, -0.1) is 0 Å². The van der Waals surface area contributed by atoms with Gasteiger partial charge in [-0.3, -0.25) is 0 Å². The second-order valence-electron chi connectivity index (χ2n) is 6.00. The molecule has 5 heteroatoms. The molecular weight excluding hydrogens is 429 g/mol. The zero-order chi connectivity index (χ0) is 17.3. The van der Waals surface area contributed by atoms with Crippen LogP contribution in [-0.2, 0) is 9.53 Å². The van der Waals surface area contributed by atoms with Gasteiger partial charge in [-0.05, 0) is 45.4 Å². The van der Waals surface area contributed by atoms with Crippen LogP contribution in [0, 0.1) is 6.92 Å². The molecule has 0 aromatic heterocycles. The second kappa shape index (κ2) is 13.2. The monoisotopic (exact) mass is 463 g/mol. The molecule has 0 heterocycles. The molecule has 0 N–H and O–H groups in total. The highest BCUT2D eigenvalue weighted by atomic mass is 127. The Morgan fingerprint density at radius 3 is 2.28 bits per heavy atom. The summed E-state index contributed by atoms with van der Waals surface area (Å²) in [6.45, 7) is 16.4. The maximum Gasteiger partial charge on any atom is 0.333 e. The van der Waals surface area contributed by atoms with Crippen molar-refractivity contribution in [2.24, 2.45) is 0 Å². The van der Waals surface area contributed by atoms with Crippen LogP contribution in [0.4, 0.5) is 0 Å². The first-order chi connectivity index (χ1) is 10.9. The molecule has 1 aromatic carbocycles. The van der Waals surface area contributed by atoms with Crippen molar-refractivity contribution in [2.75, 3.05) is 39.4 Å². The van der Waals surface area contributed by atoms with Gasteiger partial charge >= 0.3 is 5.97 Å². The number of halogens is 1. The minimum Gasteiger partial charge on any atom is -1.00 e. The molecule has 0 bridgehead atoms. The number of carbonyl (C=O) groups excluding carboxylic acids is 1. The molecule has 0 amide bonds. The van der Waals surface area contributed by atoms with E-state index in [1.165, 1.54) is 5.56 Å². The first kappa shape index (κ1) is 26.2. The van der Waals surface area contributed by atoms with Crippen LogP contribution in [0.2, 0.25) is 0 Å². The molecule has 0 radical (unpaired) electrons. The molecule has 0 saturated carbocycles. The van der Waals surface area contributed by atoms with E-state index < -0.39 is 0 Å². The standard InChI is InChI=1S/C19H30NO3.CH4.HI/c1-6-20(7-2,12-14-23-19(21)16(3)4)11-13-22-18-10-8-9-17(5)15-18;;/h8-10,15H,3,6-7,11-14H2,1-2,4-5H3;1H4;1H/q+1;;/p-1. The van der Waals surface area contributed by atoms with Crippen molar-refractivity contribution < 1.29 is 42.7 Å². The number of esters is 1. The molecular formula is C20H34INO3. The fraction of sp³-hybridized carbons (Fsp3) is 0.550. The summed E-state index contributed by atoms with van der Waals surface area (Å²) in [5.74, 6) is 0.593. The summed E-state index contributed by atoms with van der Waals surface area (Å²) < 4.78 is 12.0. The number of likely N-dealkylation sites (N-methyl/N-ethyl adjacent to an activating group) is 1. The molecule has 0 spiro atoms. The van der Waals surface area contributed by atoms with Gasteiger partial charge in [0.25, 0.3) is 0 Å². The number of aryl methyl sites for hydroxylation is 1. The second-order valence-corrected chi connectivity index (χ2v) is 6.00. The lowest BCUT2D eigenvalue weighted by molar-refractivity contribution is -0.925. The van der Waals surface area contributed by atoms with E-state index in [1.54, 1.807) is 6.92 Å². The topological polar surface area (TPSA) is 35.5 Å². The fourth-order valence-electron chi connectivity index (χ4n) is 2.49. The molecule has 0 aliphatic heterocycles. The van der Waals surface area contributed by atoms with Crippen LogP contribution in [0.1, 0.15) is 33.8 Å². The third kappa shape index (κ3) is 9.26. The molecule has 1 rings (SSSR count). The summed E-state index contributed by atoms with van der Waals surface area (Å²) in [4.78, 5) is 11.5. The van der Waals surface area contributed by atoms with E-state index in [0.29, 0.717) is 18.8 Å². The molecule has 4 nitrogen and oxygen atoms in total. The van der Waals surface area contributed by atoms with E-state index in [2.05, 4.69) is 33.4 Å². The smallest absolute Gasteiger partial charge is 0.333 e. The zero-order valence-corrected chi connectivity index (χ0v) is 17.5. The van der Waals surface area contributed by atoms with Crippen LogP contribution in [-0.4, -0.2) is 49.8 Å².